The fraction of sp³-hybridized carbons (Fsp3) is 0.316. The second kappa shape index (κ2) is 9.33. The third kappa shape index (κ3) is 5.20. The number of esters is 1. The molecule has 1 heterocycles. The fourth-order valence-corrected chi connectivity index (χ4v) is 3.08. The molecule has 154 valence electrons. The molecule has 0 radical (unpaired) electrons. The molecular weight excluding hydrogens is 402 g/mol. The summed E-state index contributed by atoms with van der Waals surface area (Å²) in [6.07, 6.45) is 0. The highest BCUT2D eigenvalue weighted by molar-refractivity contribution is 6.32. The summed E-state index contributed by atoms with van der Waals surface area (Å²) in [5.41, 5.74) is 1.76. The monoisotopic (exact) mass is 421 g/mol. The molecular formula is C19H20ClN3O6. The van der Waals surface area contributed by atoms with Crippen LogP contribution in [0.2, 0.25) is 5.02 Å². The number of ether oxygens (including phenoxy) is 1. The van der Waals surface area contributed by atoms with Gasteiger partial charge in [0.1, 0.15) is 11.6 Å². The minimum absolute atomic E-state index is 0.0306. The molecule has 2 rings (SSSR count). The lowest BCUT2D eigenvalue weighted by Crippen LogP contribution is -2.31. The highest BCUT2D eigenvalue weighted by Crippen LogP contribution is 2.25. The van der Waals surface area contributed by atoms with E-state index in [9.17, 15) is 24.5 Å². The number of carbonyl (C=O) groups excluding carboxylic acids is 3. The van der Waals surface area contributed by atoms with Crippen LogP contribution in [0.4, 0.5) is 5.69 Å². The number of carbonyl (C=O) groups is 3. The number of rotatable bonds is 8. The lowest BCUT2D eigenvalue weighted by Gasteiger charge is -2.07. The second-order valence-corrected chi connectivity index (χ2v) is 6.63. The molecule has 0 fully saturated rings. The average Bonchev–Trinajstić information content (AvgIpc) is 2.97. The normalized spacial score (nSPS) is 10.5. The van der Waals surface area contributed by atoms with E-state index in [2.05, 4.69) is 5.32 Å². The first-order valence-corrected chi connectivity index (χ1v) is 9.11. The Morgan fingerprint density at radius 3 is 2.52 bits per heavy atom. The van der Waals surface area contributed by atoms with Gasteiger partial charge in [0.25, 0.3) is 11.6 Å². The first kappa shape index (κ1) is 22.1. The molecule has 29 heavy (non-hydrogen) atoms. The molecule has 0 spiro atoms. The van der Waals surface area contributed by atoms with Crippen molar-refractivity contribution in [2.24, 2.45) is 0 Å². The van der Waals surface area contributed by atoms with Gasteiger partial charge in [0, 0.05) is 35.1 Å². The molecule has 0 bridgehead atoms. The molecule has 0 saturated carbocycles. The standard InChI is InChI=1S/C19H20ClN3O6/c1-4-22-11(2)7-14(12(22)3)17(24)10-29-18(25)9-21-19(26)13-5-6-15(20)16(8-13)23(27)28/h5-8H,4,9-10H2,1-3H3,(H,21,26). The molecule has 1 aromatic heterocycles. The van der Waals surface area contributed by atoms with Crippen LogP contribution in [0.25, 0.3) is 0 Å². The summed E-state index contributed by atoms with van der Waals surface area (Å²) in [4.78, 5) is 46.3. The van der Waals surface area contributed by atoms with Crippen molar-refractivity contribution in [1.82, 2.24) is 9.88 Å². The van der Waals surface area contributed by atoms with E-state index in [0.29, 0.717) is 5.56 Å². The van der Waals surface area contributed by atoms with Gasteiger partial charge >= 0.3 is 5.97 Å². The lowest BCUT2D eigenvalue weighted by molar-refractivity contribution is -0.384. The van der Waals surface area contributed by atoms with Crippen molar-refractivity contribution in [3.8, 4) is 0 Å². The number of nitro groups is 1. The van der Waals surface area contributed by atoms with Crippen molar-refractivity contribution >= 4 is 34.9 Å². The molecule has 0 aliphatic rings. The summed E-state index contributed by atoms with van der Waals surface area (Å²) >= 11 is 5.70. The third-order valence-corrected chi connectivity index (χ3v) is 4.67. The number of nitrogens with one attached hydrogen (secondary N) is 1. The number of nitro benzene ring substituents is 1. The molecule has 0 atom stereocenters. The van der Waals surface area contributed by atoms with Crippen LogP contribution in [0.5, 0.6) is 0 Å². The first-order chi connectivity index (χ1) is 13.6. The number of benzene rings is 1. The number of hydrogen-bond donors (Lipinski definition) is 1. The Kier molecular flexibility index (Phi) is 7.11. The number of halogens is 1. The zero-order valence-electron chi connectivity index (χ0n) is 16.2. The van der Waals surface area contributed by atoms with E-state index in [-0.39, 0.29) is 16.4 Å². The Hall–Kier alpha value is -3.20. The Labute approximate surface area is 171 Å². The molecule has 9 nitrogen and oxygen atoms in total. The van der Waals surface area contributed by atoms with Gasteiger partial charge in [-0.25, -0.2) is 0 Å². The SMILES string of the molecule is CCn1c(C)cc(C(=O)COC(=O)CNC(=O)c2ccc(Cl)c([N+](=O)[O-])c2)c1C. The van der Waals surface area contributed by atoms with E-state index in [4.69, 9.17) is 16.3 Å². The highest BCUT2D eigenvalue weighted by Gasteiger charge is 2.19. The van der Waals surface area contributed by atoms with Crippen molar-refractivity contribution in [1.29, 1.82) is 0 Å². The highest BCUT2D eigenvalue weighted by atomic mass is 35.5. The van der Waals surface area contributed by atoms with Crippen LogP contribution in [0, 0.1) is 24.0 Å². The van der Waals surface area contributed by atoms with Gasteiger partial charge in [-0.3, -0.25) is 24.5 Å². The summed E-state index contributed by atoms with van der Waals surface area (Å²) in [5, 5.41) is 13.1. The van der Waals surface area contributed by atoms with Crippen LogP contribution in [-0.4, -0.2) is 40.3 Å². The van der Waals surface area contributed by atoms with Crippen LogP contribution >= 0.6 is 11.6 Å². The molecule has 0 aliphatic heterocycles. The van der Waals surface area contributed by atoms with Gasteiger partial charge in [0.2, 0.25) is 5.78 Å². The predicted molar refractivity (Wildman–Crippen MR) is 105 cm³/mol. The molecule has 2 aromatic rings. The summed E-state index contributed by atoms with van der Waals surface area (Å²) in [7, 11) is 0. The number of nitrogens with zero attached hydrogens (tertiary/aromatic N) is 2. The van der Waals surface area contributed by atoms with Crippen molar-refractivity contribution in [2.45, 2.75) is 27.3 Å². The van der Waals surface area contributed by atoms with Crippen LogP contribution in [-0.2, 0) is 16.1 Å². The van der Waals surface area contributed by atoms with Gasteiger partial charge in [-0.05, 0) is 39.0 Å². The number of aromatic nitrogens is 1. The summed E-state index contributed by atoms with van der Waals surface area (Å²) in [6.45, 7) is 5.45. The zero-order chi connectivity index (χ0) is 21.7. The Morgan fingerprint density at radius 1 is 1.24 bits per heavy atom. The number of amides is 1. The lowest BCUT2D eigenvalue weighted by atomic mass is 10.1. The van der Waals surface area contributed by atoms with Crippen LogP contribution < -0.4 is 5.32 Å². The van der Waals surface area contributed by atoms with Crippen LogP contribution in [0.15, 0.2) is 24.3 Å². The van der Waals surface area contributed by atoms with Gasteiger partial charge in [-0.15, -0.1) is 0 Å². The Morgan fingerprint density at radius 2 is 1.93 bits per heavy atom. The summed E-state index contributed by atoms with van der Waals surface area (Å²) < 4.78 is 6.89. The van der Waals surface area contributed by atoms with Gasteiger partial charge in [0.05, 0.1) is 4.92 Å². The number of ketones is 1. The van der Waals surface area contributed by atoms with Gasteiger partial charge in [0.15, 0.2) is 6.61 Å². The Bertz CT molecular complexity index is 983. The molecule has 10 heteroatoms. The number of Topliss-reactive ketones (excluding diaryl/α,β-unsaturated/α-hetero) is 1. The van der Waals surface area contributed by atoms with Crippen molar-refractivity contribution in [2.75, 3.05) is 13.2 Å². The van der Waals surface area contributed by atoms with E-state index >= 15 is 0 Å². The van der Waals surface area contributed by atoms with Gasteiger partial charge in [-0.1, -0.05) is 11.6 Å². The topological polar surface area (TPSA) is 121 Å². The average molecular weight is 422 g/mol. The predicted octanol–water partition coefficient (Wildman–Crippen LogP) is 2.84. The molecule has 0 unspecified atom stereocenters. The van der Waals surface area contributed by atoms with Gasteiger partial charge < -0.3 is 14.6 Å². The quantitative estimate of drug-likeness (QED) is 0.303. The smallest absolute Gasteiger partial charge is 0.325 e. The van der Waals surface area contributed by atoms with Gasteiger partial charge in [-0.2, -0.15) is 0 Å². The maximum Gasteiger partial charge on any atom is 0.325 e. The van der Waals surface area contributed by atoms with Crippen LogP contribution in [0.3, 0.4) is 0 Å². The summed E-state index contributed by atoms with van der Waals surface area (Å²) in [6, 6.07) is 5.27. The molecule has 0 aliphatic carbocycles. The van der Waals surface area contributed by atoms with E-state index in [0.717, 1.165) is 24.0 Å². The number of aryl methyl sites for hydroxylation is 1. The third-order valence-electron chi connectivity index (χ3n) is 4.35. The first-order valence-electron chi connectivity index (χ1n) is 8.73. The van der Waals surface area contributed by atoms with E-state index in [1.165, 1.54) is 12.1 Å². The largest absolute Gasteiger partial charge is 0.456 e. The molecule has 0 saturated heterocycles. The maximum absolute atomic E-state index is 12.3. The maximum atomic E-state index is 12.3. The number of hydrogen-bond acceptors (Lipinski definition) is 6. The van der Waals surface area contributed by atoms with Crippen molar-refractivity contribution < 1.29 is 24.0 Å². The Balaban J connectivity index is 1.90. The zero-order valence-corrected chi connectivity index (χ0v) is 16.9. The minimum atomic E-state index is -0.806. The molecule has 1 amide bonds. The van der Waals surface area contributed by atoms with Crippen molar-refractivity contribution in [3.63, 3.8) is 0 Å². The minimum Gasteiger partial charge on any atom is -0.456 e. The molecule has 1 N–H and O–H groups in total. The van der Waals surface area contributed by atoms with Crippen LogP contribution in [0.1, 0.15) is 39.0 Å². The second-order valence-electron chi connectivity index (χ2n) is 6.22. The van der Waals surface area contributed by atoms with E-state index < -0.39 is 35.6 Å². The van der Waals surface area contributed by atoms with E-state index in [1.54, 1.807) is 6.07 Å². The summed E-state index contributed by atoms with van der Waals surface area (Å²) in [5.74, 6) is -1.86. The van der Waals surface area contributed by atoms with Crippen molar-refractivity contribution in [3.05, 3.63) is 61.9 Å². The fourth-order valence-electron chi connectivity index (χ4n) is 2.89. The van der Waals surface area contributed by atoms with E-state index in [1.807, 2.05) is 25.3 Å². The molecule has 1 aromatic carbocycles.